The van der Waals surface area contributed by atoms with Gasteiger partial charge in [0.1, 0.15) is 5.84 Å². The van der Waals surface area contributed by atoms with Crippen LogP contribution in [0.3, 0.4) is 0 Å². The van der Waals surface area contributed by atoms with E-state index in [0.717, 1.165) is 0 Å². The van der Waals surface area contributed by atoms with Crippen LogP contribution in [-0.2, 0) is 24.3 Å². The quantitative estimate of drug-likeness (QED) is 0.708. The average molecular weight is 353 g/mol. The molecule has 2 N–H and O–H groups in total. The second kappa shape index (κ2) is 7.43. The molecule has 0 radical (unpaired) electrons. The molecule has 0 spiro atoms. The topological polar surface area (TPSA) is 114 Å². The van der Waals surface area contributed by atoms with Gasteiger partial charge in [-0.1, -0.05) is 12.1 Å². The van der Waals surface area contributed by atoms with Gasteiger partial charge in [0, 0.05) is 12.1 Å². The van der Waals surface area contributed by atoms with E-state index in [-0.39, 0.29) is 29.6 Å². The molecule has 24 heavy (non-hydrogen) atoms. The third-order valence-electron chi connectivity index (χ3n) is 3.28. The number of amides is 1. The summed E-state index contributed by atoms with van der Waals surface area (Å²) < 4.78 is 31.2. The Balaban J connectivity index is 1.94. The highest BCUT2D eigenvalue weighted by Gasteiger charge is 2.30. The number of ether oxygens (including phenoxy) is 1. The summed E-state index contributed by atoms with van der Waals surface area (Å²) in [4.78, 5) is 27.5. The van der Waals surface area contributed by atoms with Crippen molar-refractivity contribution in [2.24, 2.45) is 4.99 Å². The molecule has 9 heteroatoms. The van der Waals surface area contributed by atoms with Gasteiger partial charge in [-0.15, -0.1) is 0 Å². The molecule has 0 saturated heterocycles. The Morgan fingerprint density at radius 3 is 2.75 bits per heavy atom. The summed E-state index contributed by atoms with van der Waals surface area (Å²) in [7, 11) is -3.59. The Bertz CT molecular complexity index is 773. The monoisotopic (exact) mass is 353 g/mol. The van der Waals surface area contributed by atoms with Crippen LogP contribution in [0.1, 0.15) is 25.8 Å². The molecule has 0 fully saturated rings. The zero-order valence-electron chi connectivity index (χ0n) is 13.4. The first-order chi connectivity index (χ1) is 11.3. The van der Waals surface area contributed by atoms with Crippen molar-refractivity contribution < 1.29 is 22.7 Å². The fraction of sp³-hybridized carbons (Fsp3) is 0.400. The number of benzene rings is 1. The van der Waals surface area contributed by atoms with E-state index in [1.165, 1.54) is 13.0 Å². The van der Waals surface area contributed by atoms with Gasteiger partial charge >= 0.3 is 5.97 Å². The van der Waals surface area contributed by atoms with E-state index in [1.54, 1.807) is 25.1 Å². The van der Waals surface area contributed by atoms with Crippen LogP contribution in [0.2, 0.25) is 0 Å². The number of carbonyl (C=O) groups is 2. The van der Waals surface area contributed by atoms with Crippen molar-refractivity contribution in [3.8, 4) is 0 Å². The van der Waals surface area contributed by atoms with Gasteiger partial charge in [-0.25, -0.2) is 8.42 Å². The molecule has 0 aliphatic carbocycles. The number of likely N-dealkylation sites (N-methyl/N-ethyl adjacent to an activating group) is 1. The number of fused-ring (bicyclic) bond motifs is 1. The van der Waals surface area contributed by atoms with Gasteiger partial charge in [0.25, 0.3) is 15.9 Å². The Morgan fingerprint density at radius 1 is 1.33 bits per heavy atom. The zero-order valence-corrected chi connectivity index (χ0v) is 14.2. The fourth-order valence-corrected chi connectivity index (χ4v) is 3.39. The maximum Gasteiger partial charge on any atom is 0.308 e. The SMILES string of the molecule is CCNC(=O)[C@H](C)OC(=O)CCN=C1NS(=O)(=O)c2ccccc21. The van der Waals surface area contributed by atoms with Crippen molar-refractivity contribution in [3.63, 3.8) is 0 Å². The number of sulfonamides is 1. The molecule has 1 aliphatic heterocycles. The molecule has 130 valence electrons. The lowest BCUT2D eigenvalue weighted by Gasteiger charge is -2.12. The number of amidine groups is 1. The summed E-state index contributed by atoms with van der Waals surface area (Å²) in [6.45, 7) is 3.75. The van der Waals surface area contributed by atoms with E-state index < -0.39 is 22.1 Å². The maximum absolute atomic E-state index is 11.9. The summed E-state index contributed by atoms with van der Waals surface area (Å²) in [6, 6.07) is 6.46. The molecule has 1 atom stereocenters. The van der Waals surface area contributed by atoms with Crippen LogP contribution < -0.4 is 10.0 Å². The van der Waals surface area contributed by atoms with Gasteiger partial charge in [0.2, 0.25) is 0 Å². The standard InChI is InChI=1S/C15H19N3O5S/c1-3-16-15(20)10(2)23-13(19)8-9-17-14-11-6-4-5-7-12(11)24(21,22)18-14/h4-7,10H,3,8-9H2,1-2H3,(H,16,20)(H,17,18)/t10-/m0/s1. The summed E-state index contributed by atoms with van der Waals surface area (Å²) in [5.41, 5.74) is 0.474. The van der Waals surface area contributed by atoms with E-state index in [1.807, 2.05) is 0 Å². The Labute approximate surface area is 140 Å². The molecule has 1 aromatic rings. The van der Waals surface area contributed by atoms with Gasteiger partial charge < -0.3 is 10.1 Å². The predicted octanol–water partition coefficient (Wildman–Crippen LogP) is 0.183. The van der Waals surface area contributed by atoms with E-state index in [4.69, 9.17) is 4.74 Å². The van der Waals surface area contributed by atoms with Crippen molar-refractivity contribution in [1.29, 1.82) is 0 Å². The molecule has 0 saturated carbocycles. The lowest BCUT2D eigenvalue weighted by molar-refractivity contribution is -0.154. The first kappa shape index (κ1) is 17.9. The van der Waals surface area contributed by atoms with E-state index in [9.17, 15) is 18.0 Å². The summed E-state index contributed by atoms with van der Waals surface area (Å²) in [5.74, 6) is -0.739. The van der Waals surface area contributed by atoms with Crippen molar-refractivity contribution in [2.75, 3.05) is 13.1 Å². The van der Waals surface area contributed by atoms with Crippen LogP contribution in [0.5, 0.6) is 0 Å². The van der Waals surface area contributed by atoms with Crippen molar-refractivity contribution in [3.05, 3.63) is 29.8 Å². The first-order valence-electron chi connectivity index (χ1n) is 7.49. The minimum absolute atomic E-state index is 0.0487. The van der Waals surface area contributed by atoms with E-state index in [0.29, 0.717) is 12.1 Å². The van der Waals surface area contributed by atoms with Gasteiger partial charge in [-0.3, -0.25) is 19.3 Å². The highest BCUT2D eigenvalue weighted by molar-refractivity contribution is 7.90. The third-order valence-corrected chi connectivity index (χ3v) is 4.67. The Hall–Kier alpha value is -2.42. The molecular formula is C15H19N3O5S. The van der Waals surface area contributed by atoms with Crippen molar-refractivity contribution in [1.82, 2.24) is 10.0 Å². The normalized spacial score (nSPS) is 17.7. The lowest BCUT2D eigenvalue weighted by Crippen LogP contribution is -2.35. The van der Waals surface area contributed by atoms with Gasteiger partial charge in [0.05, 0.1) is 17.9 Å². The van der Waals surface area contributed by atoms with Gasteiger partial charge in [-0.2, -0.15) is 0 Å². The van der Waals surface area contributed by atoms with Crippen molar-refractivity contribution in [2.45, 2.75) is 31.3 Å². The molecule has 0 bridgehead atoms. The molecule has 1 amide bonds. The van der Waals surface area contributed by atoms with Gasteiger partial charge in [-0.05, 0) is 26.0 Å². The van der Waals surface area contributed by atoms with Crippen LogP contribution in [0, 0.1) is 0 Å². The second-order valence-electron chi connectivity index (χ2n) is 5.11. The number of esters is 1. The average Bonchev–Trinajstić information content (AvgIpc) is 2.79. The number of nitrogens with one attached hydrogen (secondary N) is 2. The molecule has 2 rings (SSSR count). The number of rotatable bonds is 6. The predicted molar refractivity (Wildman–Crippen MR) is 87.0 cm³/mol. The molecule has 0 unspecified atom stereocenters. The second-order valence-corrected chi connectivity index (χ2v) is 6.76. The van der Waals surface area contributed by atoms with Crippen LogP contribution >= 0.6 is 0 Å². The number of hydrogen-bond donors (Lipinski definition) is 2. The largest absolute Gasteiger partial charge is 0.452 e. The Morgan fingerprint density at radius 2 is 2.04 bits per heavy atom. The highest BCUT2D eigenvalue weighted by atomic mass is 32.2. The molecular weight excluding hydrogens is 334 g/mol. The number of carbonyl (C=O) groups excluding carboxylic acids is 2. The molecule has 1 aliphatic rings. The van der Waals surface area contributed by atoms with Crippen LogP contribution in [0.15, 0.2) is 34.2 Å². The molecule has 8 nitrogen and oxygen atoms in total. The van der Waals surface area contributed by atoms with Gasteiger partial charge in [0.15, 0.2) is 6.10 Å². The van der Waals surface area contributed by atoms with Crippen LogP contribution in [0.25, 0.3) is 0 Å². The number of nitrogens with zero attached hydrogens (tertiary/aromatic N) is 1. The minimum Gasteiger partial charge on any atom is -0.452 e. The molecule has 1 heterocycles. The molecule has 0 aromatic heterocycles. The summed E-state index contributed by atoms with van der Waals surface area (Å²) >= 11 is 0. The Kier molecular flexibility index (Phi) is 5.55. The summed E-state index contributed by atoms with van der Waals surface area (Å²) in [6.07, 6.45) is -0.937. The highest BCUT2D eigenvalue weighted by Crippen LogP contribution is 2.22. The molecule has 1 aromatic carbocycles. The van der Waals surface area contributed by atoms with E-state index in [2.05, 4.69) is 15.0 Å². The van der Waals surface area contributed by atoms with Crippen molar-refractivity contribution >= 4 is 27.7 Å². The lowest BCUT2D eigenvalue weighted by atomic mass is 10.2. The van der Waals surface area contributed by atoms with E-state index >= 15 is 0 Å². The fourth-order valence-electron chi connectivity index (χ4n) is 2.14. The number of aliphatic imine (C=N–C) groups is 1. The minimum atomic E-state index is -3.59. The number of hydrogen-bond acceptors (Lipinski definition) is 6. The smallest absolute Gasteiger partial charge is 0.308 e. The third kappa shape index (κ3) is 4.10. The maximum atomic E-state index is 11.9. The van der Waals surface area contributed by atoms with Crippen LogP contribution in [-0.4, -0.2) is 45.3 Å². The van der Waals surface area contributed by atoms with Crippen LogP contribution in [0.4, 0.5) is 0 Å². The zero-order chi connectivity index (χ0) is 17.7. The first-order valence-corrected chi connectivity index (χ1v) is 8.97. The summed E-state index contributed by atoms with van der Waals surface area (Å²) in [5, 5.41) is 2.55.